The number of nitrogens with zero attached hydrogens (tertiary/aromatic N) is 1. The Kier molecular flexibility index (Phi) is 5.02. The molecular formula is C10H22N2O2S. The average molecular weight is 234 g/mol. The van der Waals surface area contributed by atoms with Crippen LogP contribution in [0.2, 0.25) is 0 Å². The Hall–Kier alpha value is -0.130. The molecule has 0 bridgehead atoms. The van der Waals surface area contributed by atoms with Crippen molar-refractivity contribution in [1.29, 1.82) is 0 Å². The molecule has 1 saturated heterocycles. The predicted molar refractivity (Wildman–Crippen MR) is 62.3 cm³/mol. The highest BCUT2D eigenvalue weighted by molar-refractivity contribution is 7.88. The second-order valence-corrected chi connectivity index (χ2v) is 6.32. The smallest absolute Gasteiger partial charge is 0.211 e. The Bertz CT molecular complexity index is 271. The van der Waals surface area contributed by atoms with Crippen LogP contribution in [-0.2, 0) is 10.0 Å². The van der Waals surface area contributed by atoms with E-state index in [1.807, 2.05) is 6.92 Å². The fourth-order valence-electron chi connectivity index (χ4n) is 2.01. The molecule has 15 heavy (non-hydrogen) atoms. The van der Waals surface area contributed by atoms with Gasteiger partial charge >= 0.3 is 0 Å². The fourth-order valence-corrected chi connectivity index (χ4v) is 3.01. The largest absolute Gasteiger partial charge is 0.316 e. The van der Waals surface area contributed by atoms with Crippen LogP contribution in [-0.4, -0.2) is 45.2 Å². The zero-order valence-electron chi connectivity index (χ0n) is 9.70. The van der Waals surface area contributed by atoms with Crippen LogP contribution >= 0.6 is 0 Å². The van der Waals surface area contributed by atoms with Gasteiger partial charge in [0.2, 0.25) is 10.0 Å². The summed E-state index contributed by atoms with van der Waals surface area (Å²) in [6, 6.07) is 0. The molecule has 1 aliphatic heterocycles. The molecular weight excluding hydrogens is 212 g/mol. The highest BCUT2D eigenvalue weighted by atomic mass is 32.2. The molecule has 1 unspecified atom stereocenters. The third-order valence-electron chi connectivity index (χ3n) is 2.80. The maximum Gasteiger partial charge on any atom is 0.211 e. The lowest BCUT2D eigenvalue weighted by molar-refractivity contribution is 0.292. The van der Waals surface area contributed by atoms with Crippen molar-refractivity contribution >= 4 is 10.0 Å². The van der Waals surface area contributed by atoms with Gasteiger partial charge in [-0.3, -0.25) is 0 Å². The van der Waals surface area contributed by atoms with E-state index in [9.17, 15) is 8.42 Å². The molecule has 5 heteroatoms. The molecule has 0 aromatic carbocycles. The van der Waals surface area contributed by atoms with Crippen LogP contribution in [0.15, 0.2) is 0 Å². The van der Waals surface area contributed by atoms with Gasteiger partial charge in [0.15, 0.2) is 0 Å². The number of sulfonamides is 1. The highest BCUT2D eigenvalue weighted by Gasteiger charge is 2.21. The first-order valence-electron chi connectivity index (χ1n) is 5.70. The predicted octanol–water partition coefficient (Wildman–Crippen LogP) is 0.658. The lowest BCUT2D eigenvalue weighted by Crippen LogP contribution is -2.40. The van der Waals surface area contributed by atoms with E-state index in [4.69, 9.17) is 0 Å². The Morgan fingerprint density at radius 3 is 2.67 bits per heavy atom. The molecule has 1 N–H and O–H groups in total. The molecule has 0 amide bonds. The van der Waals surface area contributed by atoms with Crippen molar-refractivity contribution < 1.29 is 8.42 Å². The Balaban J connectivity index is 2.50. The summed E-state index contributed by atoms with van der Waals surface area (Å²) in [6.45, 7) is 5.37. The van der Waals surface area contributed by atoms with Crippen LogP contribution in [0.5, 0.6) is 0 Å². The first-order chi connectivity index (χ1) is 7.04. The standard InChI is InChI=1S/C10H22N2O2S/c1-3-7-12(15(2,13)14)9-10-5-4-6-11-8-10/h10-11H,3-9H2,1-2H3. The molecule has 1 fully saturated rings. The van der Waals surface area contributed by atoms with Crippen LogP contribution in [0, 0.1) is 5.92 Å². The van der Waals surface area contributed by atoms with E-state index in [0.29, 0.717) is 19.0 Å². The van der Waals surface area contributed by atoms with E-state index >= 15 is 0 Å². The van der Waals surface area contributed by atoms with Gasteiger partial charge in [-0.1, -0.05) is 6.92 Å². The van der Waals surface area contributed by atoms with Gasteiger partial charge in [0.1, 0.15) is 0 Å². The van der Waals surface area contributed by atoms with Crippen LogP contribution in [0.25, 0.3) is 0 Å². The SMILES string of the molecule is CCCN(CC1CCCNC1)S(C)(=O)=O. The summed E-state index contributed by atoms with van der Waals surface area (Å²) in [6.07, 6.45) is 4.49. The molecule has 0 radical (unpaired) electrons. The molecule has 0 aliphatic carbocycles. The second kappa shape index (κ2) is 5.82. The summed E-state index contributed by atoms with van der Waals surface area (Å²) in [4.78, 5) is 0. The monoisotopic (exact) mass is 234 g/mol. The Labute approximate surface area is 93.1 Å². The van der Waals surface area contributed by atoms with Crippen LogP contribution in [0.4, 0.5) is 0 Å². The minimum Gasteiger partial charge on any atom is -0.316 e. The van der Waals surface area contributed by atoms with Gasteiger partial charge in [0.25, 0.3) is 0 Å². The van der Waals surface area contributed by atoms with Crippen molar-refractivity contribution in [2.45, 2.75) is 26.2 Å². The lowest BCUT2D eigenvalue weighted by atomic mass is 10.00. The number of hydrogen-bond donors (Lipinski definition) is 1. The lowest BCUT2D eigenvalue weighted by Gasteiger charge is -2.28. The molecule has 0 saturated carbocycles. The Morgan fingerprint density at radius 1 is 1.47 bits per heavy atom. The minimum atomic E-state index is -3.02. The van der Waals surface area contributed by atoms with Crippen LogP contribution in [0.3, 0.4) is 0 Å². The average Bonchev–Trinajstić information content (AvgIpc) is 2.17. The molecule has 1 heterocycles. The summed E-state index contributed by atoms with van der Waals surface area (Å²) in [5, 5.41) is 3.31. The van der Waals surface area contributed by atoms with Crippen molar-refractivity contribution in [2.24, 2.45) is 5.92 Å². The molecule has 90 valence electrons. The summed E-state index contributed by atoms with van der Waals surface area (Å²) in [7, 11) is -3.02. The first kappa shape index (κ1) is 12.9. The third-order valence-corrected chi connectivity index (χ3v) is 4.07. The van der Waals surface area contributed by atoms with Gasteiger partial charge in [-0.05, 0) is 38.3 Å². The topological polar surface area (TPSA) is 49.4 Å². The van der Waals surface area contributed by atoms with E-state index < -0.39 is 10.0 Å². The molecule has 1 aliphatic rings. The van der Waals surface area contributed by atoms with Gasteiger partial charge in [-0.15, -0.1) is 0 Å². The van der Waals surface area contributed by atoms with Crippen LogP contribution < -0.4 is 5.32 Å². The maximum absolute atomic E-state index is 11.5. The van der Waals surface area contributed by atoms with Crippen molar-refractivity contribution in [3.05, 3.63) is 0 Å². The highest BCUT2D eigenvalue weighted by Crippen LogP contribution is 2.13. The zero-order valence-corrected chi connectivity index (χ0v) is 10.5. The maximum atomic E-state index is 11.5. The Morgan fingerprint density at radius 2 is 2.20 bits per heavy atom. The zero-order chi connectivity index (χ0) is 11.3. The molecule has 4 nitrogen and oxygen atoms in total. The number of nitrogens with one attached hydrogen (secondary N) is 1. The number of hydrogen-bond acceptors (Lipinski definition) is 3. The third kappa shape index (κ3) is 4.49. The van der Waals surface area contributed by atoms with Crippen molar-refractivity contribution in [1.82, 2.24) is 9.62 Å². The minimum absolute atomic E-state index is 0.486. The summed E-state index contributed by atoms with van der Waals surface area (Å²) < 4.78 is 24.6. The number of piperidine rings is 1. The number of rotatable bonds is 5. The van der Waals surface area contributed by atoms with Gasteiger partial charge in [-0.2, -0.15) is 0 Å². The molecule has 1 rings (SSSR count). The van der Waals surface area contributed by atoms with Crippen LogP contribution in [0.1, 0.15) is 26.2 Å². The molecule has 0 aromatic heterocycles. The quantitative estimate of drug-likeness (QED) is 0.760. The van der Waals surface area contributed by atoms with E-state index in [2.05, 4.69) is 5.32 Å². The van der Waals surface area contributed by atoms with E-state index in [1.54, 1.807) is 4.31 Å². The molecule has 1 atom stereocenters. The van der Waals surface area contributed by atoms with Gasteiger partial charge in [0, 0.05) is 13.1 Å². The summed E-state index contributed by atoms with van der Waals surface area (Å²) in [5.41, 5.74) is 0. The van der Waals surface area contributed by atoms with Crippen molar-refractivity contribution in [3.8, 4) is 0 Å². The molecule has 0 spiro atoms. The van der Waals surface area contributed by atoms with Gasteiger partial charge in [0.05, 0.1) is 6.26 Å². The van der Waals surface area contributed by atoms with E-state index in [-0.39, 0.29) is 0 Å². The van der Waals surface area contributed by atoms with E-state index in [0.717, 1.165) is 32.4 Å². The first-order valence-corrected chi connectivity index (χ1v) is 7.54. The van der Waals surface area contributed by atoms with Gasteiger partial charge < -0.3 is 5.32 Å². The summed E-state index contributed by atoms with van der Waals surface area (Å²) in [5.74, 6) is 0.486. The summed E-state index contributed by atoms with van der Waals surface area (Å²) >= 11 is 0. The van der Waals surface area contributed by atoms with E-state index in [1.165, 1.54) is 6.26 Å². The normalized spacial score (nSPS) is 23.3. The molecule has 0 aromatic rings. The second-order valence-electron chi connectivity index (χ2n) is 4.33. The van der Waals surface area contributed by atoms with Gasteiger partial charge in [-0.25, -0.2) is 12.7 Å². The van der Waals surface area contributed by atoms with Crippen molar-refractivity contribution in [3.63, 3.8) is 0 Å². The fraction of sp³-hybridized carbons (Fsp3) is 1.00. The van der Waals surface area contributed by atoms with Crippen molar-refractivity contribution in [2.75, 3.05) is 32.4 Å².